The highest BCUT2D eigenvalue weighted by Crippen LogP contribution is 2.31. The second-order valence-corrected chi connectivity index (χ2v) is 10.2. The lowest BCUT2D eigenvalue weighted by Crippen LogP contribution is -2.27. The summed E-state index contributed by atoms with van der Waals surface area (Å²) in [6.45, 7) is 0.937. The van der Waals surface area contributed by atoms with E-state index >= 15 is 0 Å². The normalized spacial score (nSPS) is 15.9. The fraction of sp³-hybridized carbons (Fsp3) is 0.250. The van der Waals surface area contributed by atoms with Gasteiger partial charge in [0, 0.05) is 13.1 Å². The molecule has 6 nitrogen and oxygen atoms in total. The number of anilines is 1. The van der Waals surface area contributed by atoms with Crippen LogP contribution in [-0.2, 0) is 20.0 Å². The highest BCUT2D eigenvalue weighted by Gasteiger charge is 2.27. The predicted molar refractivity (Wildman–Crippen MR) is 102 cm³/mol. The van der Waals surface area contributed by atoms with E-state index in [1.165, 1.54) is 46.8 Å². The van der Waals surface area contributed by atoms with Gasteiger partial charge in [-0.15, -0.1) is 0 Å². The minimum Gasteiger partial charge on any atom is -0.280 e. The van der Waals surface area contributed by atoms with Gasteiger partial charge in [-0.05, 0) is 43.2 Å². The Hall–Kier alpha value is -1.32. The molecule has 0 spiro atoms. The molecule has 2 aromatic carbocycles. The van der Waals surface area contributed by atoms with Crippen molar-refractivity contribution in [1.82, 2.24) is 4.31 Å². The van der Waals surface area contributed by atoms with Gasteiger partial charge < -0.3 is 0 Å². The maximum absolute atomic E-state index is 12.6. The number of rotatable bonds is 5. The van der Waals surface area contributed by atoms with E-state index in [4.69, 9.17) is 23.2 Å². The lowest BCUT2D eigenvalue weighted by molar-refractivity contribution is 0.477. The lowest BCUT2D eigenvalue weighted by Gasteiger charge is -2.16. The molecule has 0 amide bonds. The highest BCUT2D eigenvalue weighted by molar-refractivity contribution is 7.93. The quantitative estimate of drug-likeness (QED) is 0.778. The van der Waals surface area contributed by atoms with Gasteiger partial charge in [0.25, 0.3) is 10.0 Å². The molecule has 1 N–H and O–H groups in total. The molecule has 0 unspecified atom stereocenters. The molecule has 2 aromatic rings. The molecule has 10 heteroatoms. The summed E-state index contributed by atoms with van der Waals surface area (Å²) in [5.41, 5.74) is 0.126. The van der Waals surface area contributed by atoms with Crippen molar-refractivity contribution in [1.29, 1.82) is 0 Å². The molecule has 1 aliphatic rings. The first-order valence-electron chi connectivity index (χ1n) is 7.79. The zero-order chi connectivity index (χ0) is 18.9. The zero-order valence-corrected chi connectivity index (χ0v) is 16.7. The second-order valence-electron chi connectivity index (χ2n) is 5.80. The second kappa shape index (κ2) is 7.36. The fourth-order valence-corrected chi connectivity index (χ4v) is 6.07. The van der Waals surface area contributed by atoms with Crippen LogP contribution in [0.1, 0.15) is 12.8 Å². The zero-order valence-electron chi connectivity index (χ0n) is 13.5. The van der Waals surface area contributed by atoms with Crippen molar-refractivity contribution in [2.75, 3.05) is 17.8 Å². The highest BCUT2D eigenvalue weighted by atomic mass is 35.5. The molecule has 140 valence electrons. The van der Waals surface area contributed by atoms with Crippen molar-refractivity contribution >= 4 is 48.9 Å². The summed E-state index contributed by atoms with van der Waals surface area (Å²) in [7, 11) is -7.67. The Labute approximate surface area is 162 Å². The summed E-state index contributed by atoms with van der Waals surface area (Å²) in [5.74, 6) is 0. The van der Waals surface area contributed by atoms with Crippen LogP contribution >= 0.6 is 23.2 Å². The number of sulfonamides is 2. The van der Waals surface area contributed by atoms with Gasteiger partial charge in [0.1, 0.15) is 4.90 Å². The molecular weight excluding hydrogens is 419 g/mol. The SMILES string of the molecule is O=S(=O)(Nc1cccc(S(=O)(=O)N2CCCC2)c1)c1cccc(Cl)c1Cl. The predicted octanol–water partition coefficient (Wildman–Crippen LogP) is 3.58. The van der Waals surface area contributed by atoms with Gasteiger partial charge >= 0.3 is 0 Å². The Bertz CT molecular complexity index is 1030. The van der Waals surface area contributed by atoms with Gasteiger partial charge in [-0.3, -0.25) is 4.72 Å². The molecule has 1 heterocycles. The van der Waals surface area contributed by atoms with Gasteiger partial charge in [-0.1, -0.05) is 35.3 Å². The number of hydrogen-bond acceptors (Lipinski definition) is 4. The van der Waals surface area contributed by atoms with Crippen LogP contribution in [0.25, 0.3) is 0 Å². The average molecular weight is 435 g/mol. The third-order valence-electron chi connectivity index (χ3n) is 3.99. The van der Waals surface area contributed by atoms with Crippen LogP contribution in [0.5, 0.6) is 0 Å². The Kier molecular flexibility index (Phi) is 5.50. The number of benzene rings is 2. The number of nitrogens with zero attached hydrogens (tertiary/aromatic N) is 1. The van der Waals surface area contributed by atoms with Crippen molar-refractivity contribution in [2.24, 2.45) is 0 Å². The van der Waals surface area contributed by atoms with Gasteiger partial charge in [0.15, 0.2) is 0 Å². The smallest absolute Gasteiger partial charge is 0.263 e. The minimum atomic E-state index is -4.02. The topological polar surface area (TPSA) is 83.5 Å². The summed E-state index contributed by atoms with van der Waals surface area (Å²) in [5, 5.41) is 0.0161. The number of hydrogen-bond donors (Lipinski definition) is 1. The standard InChI is InChI=1S/C16H16Cl2N2O4S2/c17-14-7-4-8-15(16(14)18)25(21,22)19-12-5-3-6-13(11-12)26(23,24)20-9-1-2-10-20/h3-8,11,19H,1-2,9-10H2. The molecular formula is C16H16Cl2N2O4S2. The maximum Gasteiger partial charge on any atom is 0.263 e. The van der Waals surface area contributed by atoms with Gasteiger partial charge in [0.2, 0.25) is 10.0 Å². The number of halogens is 2. The van der Waals surface area contributed by atoms with Crippen LogP contribution in [0.4, 0.5) is 5.69 Å². The Morgan fingerprint density at radius 3 is 2.27 bits per heavy atom. The number of nitrogens with one attached hydrogen (secondary N) is 1. The van der Waals surface area contributed by atoms with Crippen molar-refractivity contribution in [3.8, 4) is 0 Å². The molecule has 1 saturated heterocycles. The molecule has 1 fully saturated rings. The first-order chi connectivity index (χ1) is 12.2. The van der Waals surface area contributed by atoms with Crippen LogP contribution in [0.2, 0.25) is 10.0 Å². The molecule has 0 aromatic heterocycles. The Balaban J connectivity index is 1.93. The van der Waals surface area contributed by atoms with E-state index in [-0.39, 0.29) is 25.5 Å². The molecule has 0 aliphatic carbocycles. The van der Waals surface area contributed by atoms with Crippen molar-refractivity contribution in [3.05, 3.63) is 52.5 Å². The van der Waals surface area contributed by atoms with Crippen molar-refractivity contribution in [3.63, 3.8) is 0 Å². The summed E-state index contributed by atoms with van der Waals surface area (Å²) in [4.78, 5) is -0.142. The van der Waals surface area contributed by atoms with Crippen LogP contribution in [-0.4, -0.2) is 34.2 Å². The largest absolute Gasteiger partial charge is 0.280 e. The molecule has 0 bridgehead atoms. The third kappa shape index (κ3) is 3.84. The molecule has 0 atom stereocenters. The molecule has 26 heavy (non-hydrogen) atoms. The van der Waals surface area contributed by atoms with Crippen molar-refractivity contribution in [2.45, 2.75) is 22.6 Å². The van der Waals surface area contributed by atoms with E-state index in [0.717, 1.165) is 12.8 Å². The average Bonchev–Trinajstić information content (AvgIpc) is 3.12. The Morgan fingerprint density at radius 2 is 1.58 bits per heavy atom. The monoisotopic (exact) mass is 434 g/mol. The first kappa shape index (κ1) is 19.4. The Morgan fingerprint density at radius 1 is 0.923 bits per heavy atom. The lowest BCUT2D eigenvalue weighted by atomic mass is 10.3. The van der Waals surface area contributed by atoms with Gasteiger partial charge in [-0.25, -0.2) is 16.8 Å². The van der Waals surface area contributed by atoms with Crippen LogP contribution < -0.4 is 4.72 Å². The van der Waals surface area contributed by atoms with Crippen molar-refractivity contribution < 1.29 is 16.8 Å². The fourth-order valence-electron chi connectivity index (χ4n) is 2.70. The first-order valence-corrected chi connectivity index (χ1v) is 11.5. The third-order valence-corrected chi connectivity index (χ3v) is 8.24. The molecule has 1 aliphatic heterocycles. The summed E-state index contributed by atoms with van der Waals surface area (Å²) >= 11 is 11.9. The van der Waals surface area contributed by atoms with Crippen LogP contribution in [0.15, 0.2) is 52.3 Å². The van der Waals surface area contributed by atoms with E-state index in [9.17, 15) is 16.8 Å². The summed E-state index contributed by atoms with van der Waals surface area (Å²) in [6.07, 6.45) is 1.64. The minimum absolute atomic E-state index is 0.0387. The van der Waals surface area contributed by atoms with Crippen LogP contribution in [0.3, 0.4) is 0 Å². The molecule has 3 rings (SSSR count). The van der Waals surface area contributed by atoms with Gasteiger partial charge in [0.05, 0.1) is 20.6 Å². The molecule has 0 saturated carbocycles. The summed E-state index contributed by atoms with van der Waals surface area (Å²) in [6, 6.07) is 9.96. The van der Waals surface area contributed by atoms with E-state index in [0.29, 0.717) is 13.1 Å². The van der Waals surface area contributed by atoms with Gasteiger partial charge in [-0.2, -0.15) is 4.31 Å². The van der Waals surface area contributed by atoms with E-state index in [2.05, 4.69) is 4.72 Å². The maximum atomic E-state index is 12.6. The molecule has 0 radical (unpaired) electrons. The summed E-state index contributed by atoms with van der Waals surface area (Å²) < 4.78 is 54.2. The van der Waals surface area contributed by atoms with Crippen LogP contribution in [0, 0.1) is 0 Å². The van der Waals surface area contributed by atoms with E-state index < -0.39 is 20.0 Å². The van der Waals surface area contributed by atoms with E-state index in [1.54, 1.807) is 0 Å². The van der Waals surface area contributed by atoms with E-state index in [1.807, 2.05) is 0 Å².